The first kappa shape index (κ1) is 23.4. The van der Waals surface area contributed by atoms with Crippen LogP contribution in [0.2, 0.25) is 0 Å². The molecule has 2 rings (SSSR count). The van der Waals surface area contributed by atoms with Crippen molar-refractivity contribution in [2.24, 2.45) is 0 Å². The smallest absolute Gasteiger partial charge is 0.244 e. The molecule has 0 aliphatic rings. The maximum absolute atomic E-state index is 13.3. The first-order valence-electron chi connectivity index (χ1n) is 9.79. The Morgan fingerprint density at radius 3 is 2.30 bits per heavy atom. The number of nitrogens with zero attached hydrogens (tertiary/aromatic N) is 2. The maximum Gasteiger partial charge on any atom is 0.244 e. The molecule has 7 nitrogen and oxygen atoms in total. The molecule has 2 amide bonds. The van der Waals surface area contributed by atoms with Gasteiger partial charge in [0.15, 0.2) is 0 Å². The zero-order valence-electron chi connectivity index (χ0n) is 17.8. The third-order valence-electron chi connectivity index (χ3n) is 4.68. The molecular weight excluding hydrogens is 402 g/mol. The quantitative estimate of drug-likeness (QED) is 0.660. The second-order valence-electron chi connectivity index (χ2n) is 7.19. The summed E-state index contributed by atoms with van der Waals surface area (Å²) in [6.07, 6.45) is 1.07. The van der Waals surface area contributed by atoms with Crippen LogP contribution in [0.5, 0.6) is 0 Å². The number of rotatable bonds is 9. The number of amides is 2. The number of carbonyl (C=O) groups is 2. The van der Waals surface area contributed by atoms with Crippen molar-refractivity contribution in [3.63, 3.8) is 0 Å². The van der Waals surface area contributed by atoms with E-state index < -0.39 is 28.5 Å². The Kier molecular flexibility index (Phi) is 8.00. The predicted molar refractivity (Wildman–Crippen MR) is 119 cm³/mol. The van der Waals surface area contributed by atoms with E-state index in [4.69, 9.17) is 0 Å². The molecule has 1 unspecified atom stereocenters. The van der Waals surface area contributed by atoms with Crippen LogP contribution in [0.3, 0.4) is 0 Å². The third-order valence-corrected chi connectivity index (χ3v) is 5.82. The van der Waals surface area contributed by atoms with Crippen molar-refractivity contribution in [3.8, 4) is 0 Å². The van der Waals surface area contributed by atoms with Crippen LogP contribution < -0.4 is 9.62 Å². The number of sulfonamides is 1. The molecule has 0 spiro atoms. The second-order valence-corrected chi connectivity index (χ2v) is 9.09. The summed E-state index contributed by atoms with van der Waals surface area (Å²) in [5.74, 6) is -0.743. The zero-order valence-corrected chi connectivity index (χ0v) is 18.6. The van der Waals surface area contributed by atoms with E-state index in [0.29, 0.717) is 12.2 Å². The summed E-state index contributed by atoms with van der Waals surface area (Å²) in [6, 6.07) is 15.5. The van der Waals surface area contributed by atoms with E-state index in [-0.39, 0.29) is 12.5 Å². The molecule has 0 aliphatic carbocycles. The topological polar surface area (TPSA) is 86.8 Å². The highest BCUT2D eigenvalue weighted by atomic mass is 32.2. The molecule has 0 heterocycles. The second kappa shape index (κ2) is 10.2. The van der Waals surface area contributed by atoms with Gasteiger partial charge in [-0.05, 0) is 44.0 Å². The molecule has 2 aromatic rings. The van der Waals surface area contributed by atoms with Crippen LogP contribution in [-0.2, 0) is 26.2 Å². The molecule has 0 saturated heterocycles. The van der Waals surface area contributed by atoms with Crippen LogP contribution in [-0.4, -0.2) is 50.5 Å². The summed E-state index contributed by atoms with van der Waals surface area (Å²) < 4.78 is 26.0. The van der Waals surface area contributed by atoms with E-state index >= 15 is 0 Å². The number of benzene rings is 2. The van der Waals surface area contributed by atoms with Gasteiger partial charge < -0.3 is 10.2 Å². The Morgan fingerprint density at radius 1 is 1.07 bits per heavy atom. The highest BCUT2D eigenvalue weighted by Gasteiger charge is 2.29. The van der Waals surface area contributed by atoms with Gasteiger partial charge in [0.05, 0.1) is 11.9 Å². The Bertz CT molecular complexity index is 977. The van der Waals surface area contributed by atoms with Gasteiger partial charge in [0, 0.05) is 13.1 Å². The molecule has 0 saturated carbocycles. The Hall–Kier alpha value is -2.87. The summed E-state index contributed by atoms with van der Waals surface area (Å²) in [5, 5.41) is 2.72. The Balaban J connectivity index is 2.35. The van der Waals surface area contributed by atoms with Gasteiger partial charge in [-0.1, -0.05) is 42.5 Å². The van der Waals surface area contributed by atoms with Crippen LogP contribution in [0.15, 0.2) is 54.6 Å². The maximum atomic E-state index is 13.3. The first-order valence-corrected chi connectivity index (χ1v) is 11.6. The molecule has 0 fully saturated rings. The normalized spacial score (nSPS) is 12.1. The molecule has 0 bridgehead atoms. The molecular formula is C22H29N3O4S. The lowest BCUT2D eigenvalue weighted by molar-refractivity contribution is -0.139. The number of anilines is 1. The number of aryl methyl sites for hydroxylation is 1. The molecule has 162 valence electrons. The van der Waals surface area contributed by atoms with Gasteiger partial charge in [0.1, 0.15) is 12.6 Å². The van der Waals surface area contributed by atoms with Crippen LogP contribution >= 0.6 is 0 Å². The minimum atomic E-state index is -3.71. The number of hydrogen-bond acceptors (Lipinski definition) is 4. The molecule has 2 aromatic carbocycles. The van der Waals surface area contributed by atoms with Crippen LogP contribution in [0.4, 0.5) is 5.69 Å². The van der Waals surface area contributed by atoms with Gasteiger partial charge >= 0.3 is 0 Å². The van der Waals surface area contributed by atoms with Crippen molar-refractivity contribution in [1.82, 2.24) is 10.2 Å². The van der Waals surface area contributed by atoms with Gasteiger partial charge in [0.25, 0.3) is 0 Å². The Labute approximate surface area is 178 Å². The van der Waals surface area contributed by atoms with Gasteiger partial charge in [-0.15, -0.1) is 0 Å². The van der Waals surface area contributed by atoms with Gasteiger partial charge in [0.2, 0.25) is 21.8 Å². The standard InChI is InChI=1S/C22H29N3O4S/c1-5-23-22(27)18(3)24(15-19-11-7-6-8-12-19)21(26)16-25(30(4,28)29)20-13-9-10-17(2)14-20/h6-14,18H,5,15-16H2,1-4H3,(H,23,27). The van der Waals surface area contributed by atoms with Crippen LogP contribution in [0.25, 0.3) is 0 Å². The monoisotopic (exact) mass is 431 g/mol. The lowest BCUT2D eigenvalue weighted by atomic mass is 10.1. The van der Waals surface area contributed by atoms with Crippen LogP contribution in [0, 0.1) is 6.92 Å². The van der Waals surface area contributed by atoms with Crippen LogP contribution in [0.1, 0.15) is 25.0 Å². The average Bonchev–Trinajstić information content (AvgIpc) is 2.69. The fourth-order valence-electron chi connectivity index (χ4n) is 3.08. The van der Waals surface area contributed by atoms with E-state index in [2.05, 4.69) is 5.32 Å². The Morgan fingerprint density at radius 2 is 1.73 bits per heavy atom. The van der Waals surface area contributed by atoms with E-state index in [1.54, 1.807) is 32.0 Å². The van der Waals surface area contributed by atoms with Crippen molar-refractivity contribution in [1.29, 1.82) is 0 Å². The largest absolute Gasteiger partial charge is 0.355 e. The minimum absolute atomic E-state index is 0.198. The molecule has 1 N–H and O–H groups in total. The summed E-state index contributed by atoms with van der Waals surface area (Å²) in [4.78, 5) is 27.1. The number of carbonyl (C=O) groups excluding carboxylic acids is 2. The van der Waals surface area contributed by atoms with E-state index in [1.165, 1.54) is 4.90 Å². The zero-order chi connectivity index (χ0) is 22.3. The molecule has 0 aliphatic heterocycles. The average molecular weight is 432 g/mol. The van der Waals surface area contributed by atoms with Gasteiger partial charge in [-0.3, -0.25) is 13.9 Å². The van der Waals surface area contributed by atoms with Gasteiger partial charge in [-0.25, -0.2) is 8.42 Å². The van der Waals surface area contributed by atoms with Crippen molar-refractivity contribution >= 4 is 27.5 Å². The van der Waals surface area contributed by atoms with Crippen molar-refractivity contribution in [2.45, 2.75) is 33.4 Å². The van der Waals surface area contributed by atoms with E-state index in [1.807, 2.05) is 43.3 Å². The predicted octanol–water partition coefficient (Wildman–Crippen LogP) is 2.31. The van der Waals surface area contributed by atoms with Crippen molar-refractivity contribution < 1.29 is 18.0 Å². The number of hydrogen-bond donors (Lipinski definition) is 1. The van der Waals surface area contributed by atoms with Gasteiger partial charge in [-0.2, -0.15) is 0 Å². The summed E-state index contributed by atoms with van der Waals surface area (Å²) in [6.45, 7) is 5.54. The number of nitrogens with one attached hydrogen (secondary N) is 1. The lowest BCUT2D eigenvalue weighted by Gasteiger charge is -2.31. The molecule has 8 heteroatoms. The highest BCUT2D eigenvalue weighted by molar-refractivity contribution is 7.92. The summed E-state index contributed by atoms with van der Waals surface area (Å²) >= 11 is 0. The summed E-state index contributed by atoms with van der Waals surface area (Å²) in [5.41, 5.74) is 2.14. The lowest BCUT2D eigenvalue weighted by Crippen LogP contribution is -2.51. The molecule has 1 atom stereocenters. The minimum Gasteiger partial charge on any atom is -0.355 e. The van der Waals surface area contributed by atoms with E-state index in [9.17, 15) is 18.0 Å². The fraction of sp³-hybridized carbons (Fsp3) is 0.364. The molecule has 0 aromatic heterocycles. The third kappa shape index (κ3) is 6.32. The highest BCUT2D eigenvalue weighted by Crippen LogP contribution is 2.20. The molecule has 30 heavy (non-hydrogen) atoms. The molecule has 0 radical (unpaired) electrons. The number of likely N-dealkylation sites (N-methyl/N-ethyl adjacent to an activating group) is 1. The van der Waals surface area contributed by atoms with Crippen molar-refractivity contribution in [3.05, 3.63) is 65.7 Å². The summed E-state index contributed by atoms with van der Waals surface area (Å²) in [7, 11) is -3.71. The first-order chi connectivity index (χ1) is 14.1. The fourth-order valence-corrected chi connectivity index (χ4v) is 3.92. The van der Waals surface area contributed by atoms with Crippen molar-refractivity contribution in [2.75, 3.05) is 23.7 Å². The SMILES string of the molecule is CCNC(=O)C(C)N(Cc1ccccc1)C(=O)CN(c1cccc(C)c1)S(C)(=O)=O. The van der Waals surface area contributed by atoms with E-state index in [0.717, 1.165) is 21.7 Å².